The van der Waals surface area contributed by atoms with E-state index in [2.05, 4.69) is 179 Å². The van der Waals surface area contributed by atoms with E-state index in [-0.39, 0.29) is 12.1 Å². The van der Waals surface area contributed by atoms with Gasteiger partial charge in [0.25, 0.3) is 0 Å². The van der Waals surface area contributed by atoms with E-state index in [4.69, 9.17) is 4.99 Å². The van der Waals surface area contributed by atoms with Crippen LogP contribution in [0.2, 0.25) is 0 Å². The van der Waals surface area contributed by atoms with E-state index < -0.39 is 0 Å². The first kappa shape index (κ1) is 35.0. The fourth-order valence-electron chi connectivity index (χ4n) is 8.39. The van der Waals surface area contributed by atoms with E-state index in [9.17, 15) is 0 Å². The van der Waals surface area contributed by atoms with E-state index in [1.807, 2.05) is 6.08 Å². The molecule has 0 saturated heterocycles. The smallest absolute Gasteiger partial charge is 0.124 e. The van der Waals surface area contributed by atoms with Gasteiger partial charge in [-0.3, -0.25) is 4.99 Å². The zero-order valence-corrected chi connectivity index (χ0v) is 31.4. The molecule has 3 heteroatoms. The van der Waals surface area contributed by atoms with Crippen LogP contribution in [0.3, 0.4) is 0 Å². The topological polar surface area (TPSA) is 29.3 Å². The lowest BCUT2D eigenvalue weighted by Crippen LogP contribution is -2.34. The van der Waals surface area contributed by atoms with Crippen molar-refractivity contribution in [3.63, 3.8) is 0 Å². The van der Waals surface area contributed by atoms with Crippen molar-refractivity contribution in [1.29, 1.82) is 0 Å². The average Bonchev–Trinajstić information content (AvgIpc) is 3.71. The molecule has 7 rings (SSSR count). The van der Waals surface area contributed by atoms with E-state index in [1.54, 1.807) is 0 Å². The number of allylic oxidation sites excluding steroid dienone is 3. The Morgan fingerprint density at radius 3 is 2.33 bits per heavy atom. The van der Waals surface area contributed by atoms with Crippen molar-refractivity contribution in [2.24, 2.45) is 4.99 Å². The molecule has 6 aromatic rings. The van der Waals surface area contributed by atoms with Crippen LogP contribution >= 0.6 is 0 Å². The second-order valence-electron chi connectivity index (χ2n) is 14.2. The Labute approximate surface area is 309 Å². The Morgan fingerprint density at radius 2 is 1.60 bits per heavy atom. The van der Waals surface area contributed by atoms with Crippen LogP contribution in [0.15, 0.2) is 132 Å². The third kappa shape index (κ3) is 6.68. The fraction of sp³-hybridized carbons (Fsp3) is 0.245. The number of nitrogens with zero attached hydrogens (tertiary/aromatic N) is 2. The largest absolute Gasteiger partial charge is 0.365 e. The summed E-state index contributed by atoms with van der Waals surface area (Å²) in [6.45, 7) is 15.1. The molecule has 2 heterocycles. The summed E-state index contributed by atoms with van der Waals surface area (Å²) in [5, 5.41) is 14.3. The first-order valence-corrected chi connectivity index (χ1v) is 19.0. The van der Waals surface area contributed by atoms with Gasteiger partial charge in [0.2, 0.25) is 0 Å². The van der Waals surface area contributed by atoms with Gasteiger partial charge in [0.15, 0.2) is 0 Å². The molecule has 52 heavy (non-hydrogen) atoms. The van der Waals surface area contributed by atoms with Gasteiger partial charge in [-0.25, -0.2) is 0 Å². The number of rotatable bonds is 11. The molecule has 0 radical (unpaired) electrons. The molecule has 1 aliphatic heterocycles. The summed E-state index contributed by atoms with van der Waals surface area (Å²) in [5.41, 5.74) is 6.51. The summed E-state index contributed by atoms with van der Waals surface area (Å²) >= 11 is 0. The summed E-state index contributed by atoms with van der Waals surface area (Å²) in [4.78, 5) is 5.52. The molecule has 5 aromatic carbocycles. The van der Waals surface area contributed by atoms with E-state index in [1.165, 1.54) is 70.8 Å². The number of hydrogen-bond donors (Lipinski definition) is 1. The van der Waals surface area contributed by atoms with Crippen molar-refractivity contribution in [3.05, 3.63) is 160 Å². The van der Waals surface area contributed by atoms with Gasteiger partial charge < -0.3 is 9.88 Å². The van der Waals surface area contributed by atoms with Crippen molar-refractivity contribution in [2.75, 3.05) is 0 Å². The Balaban J connectivity index is 1.22. The van der Waals surface area contributed by atoms with Crippen LogP contribution < -0.4 is 15.9 Å². The fourth-order valence-corrected chi connectivity index (χ4v) is 8.39. The highest BCUT2D eigenvalue weighted by molar-refractivity contribution is 6.09. The quantitative estimate of drug-likeness (QED) is 0.136. The van der Waals surface area contributed by atoms with Crippen molar-refractivity contribution in [3.8, 4) is 0 Å². The van der Waals surface area contributed by atoms with Crippen LogP contribution in [0, 0.1) is 6.92 Å². The van der Waals surface area contributed by atoms with E-state index >= 15 is 0 Å². The highest BCUT2D eigenvalue weighted by atomic mass is 15.1. The van der Waals surface area contributed by atoms with Crippen LogP contribution in [0.5, 0.6) is 0 Å². The first-order chi connectivity index (χ1) is 25.4. The van der Waals surface area contributed by atoms with Gasteiger partial charge in [-0.15, -0.1) is 0 Å². The second-order valence-corrected chi connectivity index (χ2v) is 14.2. The maximum Gasteiger partial charge on any atom is 0.124 e. The normalized spacial score (nSPS) is 17.8. The Hall–Kier alpha value is -5.41. The minimum Gasteiger partial charge on any atom is -0.365 e. The predicted octanol–water partition coefficient (Wildman–Crippen LogP) is 11.1. The number of nitrogens with one attached hydrogen (secondary N) is 1. The molecular formula is C49H51N3. The van der Waals surface area contributed by atoms with E-state index in [0.717, 1.165) is 31.5 Å². The third-order valence-electron chi connectivity index (χ3n) is 11.0. The van der Waals surface area contributed by atoms with Gasteiger partial charge in [0.05, 0.1) is 12.1 Å². The third-order valence-corrected chi connectivity index (χ3v) is 11.0. The molecule has 3 nitrogen and oxygen atoms in total. The minimum absolute atomic E-state index is 0.00524. The maximum atomic E-state index is 5.52. The number of benzene rings is 5. The molecule has 0 amide bonds. The molecule has 0 bridgehead atoms. The number of hydrogen-bond acceptors (Lipinski definition) is 2. The molecule has 262 valence electrons. The van der Waals surface area contributed by atoms with Gasteiger partial charge in [-0.2, -0.15) is 0 Å². The lowest BCUT2D eigenvalue weighted by Gasteiger charge is -2.21. The Bertz CT molecular complexity index is 2490. The van der Waals surface area contributed by atoms with Crippen molar-refractivity contribution in [1.82, 2.24) is 9.88 Å². The molecule has 1 aromatic heterocycles. The second kappa shape index (κ2) is 15.5. The van der Waals surface area contributed by atoms with Crippen LogP contribution in [0.4, 0.5) is 0 Å². The Kier molecular flexibility index (Phi) is 10.4. The van der Waals surface area contributed by atoms with Crippen molar-refractivity contribution < 1.29 is 0 Å². The summed E-state index contributed by atoms with van der Waals surface area (Å²) in [7, 11) is 0. The molecule has 1 aliphatic rings. The number of aromatic nitrogens is 1. The van der Waals surface area contributed by atoms with Crippen molar-refractivity contribution >= 4 is 56.4 Å². The van der Waals surface area contributed by atoms with Gasteiger partial charge in [-0.1, -0.05) is 129 Å². The minimum atomic E-state index is 0.00524. The molecule has 1 N–H and O–H groups in total. The summed E-state index contributed by atoms with van der Waals surface area (Å²) in [6, 6.07) is 36.0. The summed E-state index contributed by atoms with van der Waals surface area (Å²) in [6.07, 6.45) is 16.9. The summed E-state index contributed by atoms with van der Waals surface area (Å²) in [5.74, 6) is 1.04. The zero-order valence-electron chi connectivity index (χ0n) is 31.4. The molecule has 3 atom stereocenters. The van der Waals surface area contributed by atoms with Crippen LogP contribution in [-0.2, 0) is 6.42 Å². The lowest BCUT2D eigenvalue weighted by atomic mass is 9.90. The molecular weight excluding hydrogens is 631 g/mol. The monoisotopic (exact) mass is 681 g/mol. The zero-order chi connectivity index (χ0) is 36.2. The van der Waals surface area contributed by atoms with E-state index in [0.29, 0.717) is 6.04 Å². The SMILES string of the molecule is C=C/C=c1\c(=C/C)c(C)c(/C=C\C)n1C(C)CC/C=C(\CC)C1=NC(c2ccc3ccccc3c2)C(Cc2cc3ccccc3c3ccccc23)N1. The first-order valence-electron chi connectivity index (χ1n) is 19.0. The highest BCUT2D eigenvalue weighted by Crippen LogP contribution is 2.35. The summed E-state index contributed by atoms with van der Waals surface area (Å²) < 4.78 is 2.50. The molecule has 0 saturated carbocycles. The van der Waals surface area contributed by atoms with Gasteiger partial charge in [-0.05, 0) is 131 Å². The molecule has 0 fully saturated rings. The van der Waals surface area contributed by atoms with Gasteiger partial charge in [0, 0.05) is 17.1 Å². The molecule has 0 aliphatic carbocycles. The lowest BCUT2D eigenvalue weighted by molar-refractivity contribution is 0.499. The van der Waals surface area contributed by atoms with Crippen LogP contribution in [0.1, 0.15) is 81.4 Å². The van der Waals surface area contributed by atoms with Crippen molar-refractivity contribution in [2.45, 2.75) is 78.4 Å². The molecule has 0 spiro atoms. The number of fused-ring (bicyclic) bond motifs is 4. The maximum absolute atomic E-state index is 5.52. The Morgan fingerprint density at radius 1 is 0.885 bits per heavy atom. The van der Waals surface area contributed by atoms with Crippen LogP contribution in [-0.4, -0.2) is 16.4 Å². The van der Waals surface area contributed by atoms with Crippen LogP contribution in [0.25, 0.3) is 50.5 Å². The van der Waals surface area contributed by atoms with Gasteiger partial charge >= 0.3 is 0 Å². The number of amidine groups is 1. The highest BCUT2D eigenvalue weighted by Gasteiger charge is 2.32. The van der Waals surface area contributed by atoms with Gasteiger partial charge in [0.1, 0.15) is 5.84 Å². The molecule has 3 unspecified atom stereocenters. The standard InChI is InChI=1S/C49H51N3/c1-7-18-46-34(6)41(10-4)47(19-8-2)52(46)33(5)20-17-24-35(9-3)49-50-45(48(51-49)39-29-28-36-21-11-12-22-37(36)30-39)32-40-31-38-23-13-14-25-42(38)44-27-16-15-26-43(40)44/h7-8,10-16,18-19,21-31,33,45,48H,2,9,17,20,32H2,1,3-6H3,(H,50,51)/b18-7-,35-24+,41-10-,47-19+. The predicted molar refractivity (Wildman–Crippen MR) is 226 cm³/mol. The average molecular weight is 682 g/mol. The number of aliphatic imine (C=N–C) groups is 1.